The summed E-state index contributed by atoms with van der Waals surface area (Å²) in [5.74, 6) is 0.980. The number of rotatable bonds is 2. The molecule has 0 radical (unpaired) electrons. The molecule has 4 aromatic rings. The van der Waals surface area contributed by atoms with Crippen LogP contribution in [0, 0.1) is 0 Å². The standard InChI is InChI=1S/C15H10N4OS/c20-10-5-3-9(4-6-10)19-14-13-12(17-8-18-14)11-2-1-7-16-15(11)21-13/h1-8,20H,(H,17,18,19). The first-order valence-corrected chi connectivity index (χ1v) is 7.17. The summed E-state index contributed by atoms with van der Waals surface area (Å²) in [7, 11) is 0. The number of nitrogens with zero attached hydrogens (tertiary/aromatic N) is 3. The van der Waals surface area contributed by atoms with Gasteiger partial charge in [-0.1, -0.05) is 0 Å². The van der Waals surface area contributed by atoms with Gasteiger partial charge in [-0.2, -0.15) is 0 Å². The van der Waals surface area contributed by atoms with Gasteiger partial charge in [0.2, 0.25) is 0 Å². The van der Waals surface area contributed by atoms with Crippen molar-refractivity contribution >= 4 is 43.3 Å². The Balaban J connectivity index is 1.86. The van der Waals surface area contributed by atoms with E-state index in [4.69, 9.17) is 0 Å². The molecule has 0 amide bonds. The molecule has 6 heteroatoms. The lowest BCUT2D eigenvalue weighted by Crippen LogP contribution is -1.93. The van der Waals surface area contributed by atoms with E-state index in [1.807, 2.05) is 12.1 Å². The van der Waals surface area contributed by atoms with Crippen LogP contribution in [0.2, 0.25) is 0 Å². The Bertz CT molecular complexity index is 933. The third kappa shape index (κ3) is 2.05. The Morgan fingerprint density at radius 3 is 2.71 bits per heavy atom. The molecule has 0 bridgehead atoms. The van der Waals surface area contributed by atoms with Gasteiger partial charge in [0.1, 0.15) is 16.9 Å². The minimum Gasteiger partial charge on any atom is -0.508 e. The number of phenols is 1. The summed E-state index contributed by atoms with van der Waals surface area (Å²) in [6, 6.07) is 10.8. The highest BCUT2D eigenvalue weighted by Crippen LogP contribution is 2.35. The monoisotopic (exact) mass is 294 g/mol. The lowest BCUT2D eigenvalue weighted by atomic mass is 10.3. The van der Waals surface area contributed by atoms with Crippen molar-refractivity contribution in [2.24, 2.45) is 0 Å². The van der Waals surface area contributed by atoms with E-state index in [9.17, 15) is 5.11 Å². The van der Waals surface area contributed by atoms with E-state index in [0.29, 0.717) is 0 Å². The molecule has 0 aliphatic heterocycles. The number of aromatic nitrogens is 3. The molecule has 4 rings (SSSR count). The number of hydrogen-bond donors (Lipinski definition) is 2. The molecular weight excluding hydrogens is 284 g/mol. The second-order valence-corrected chi connectivity index (χ2v) is 5.53. The topological polar surface area (TPSA) is 70.9 Å². The second kappa shape index (κ2) is 4.68. The average molecular weight is 294 g/mol. The summed E-state index contributed by atoms with van der Waals surface area (Å²) in [4.78, 5) is 14.0. The minimum atomic E-state index is 0.236. The minimum absolute atomic E-state index is 0.236. The maximum absolute atomic E-state index is 9.33. The Kier molecular flexibility index (Phi) is 2.68. The highest BCUT2D eigenvalue weighted by atomic mass is 32.1. The number of aromatic hydroxyl groups is 1. The fourth-order valence-corrected chi connectivity index (χ4v) is 3.22. The number of thiophene rings is 1. The predicted molar refractivity (Wildman–Crippen MR) is 84.1 cm³/mol. The van der Waals surface area contributed by atoms with Crippen LogP contribution in [0.5, 0.6) is 5.75 Å². The molecule has 3 aromatic heterocycles. The summed E-state index contributed by atoms with van der Waals surface area (Å²) in [6.45, 7) is 0. The van der Waals surface area contributed by atoms with E-state index in [0.717, 1.165) is 31.9 Å². The van der Waals surface area contributed by atoms with Crippen molar-refractivity contribution < 1.29 is 5.11 Å². The van der Waals surface area contributed by atoms with E-state index in [2.05, 4.69) is 20.3 Å². The molecule has 0 aliphatic carbocycles. The second-order valence-electron chi connectivity index (χ2n) is 4.53. The zero-order valence-electron chi connectivity index (χ0n) is 10.8. The van der Waals surface area contributed by atoms with Crippen molar-refractivity contribution in [3.8, 4) is 5.75 Å². The van der Waals surface area contributed by atoms with Gasteiger partial charge < -0.3 is 10.4 Å². The van der Waals surface area contributed by atoms with Gasteiger partial charge in [0.15, 0.2) is 5.82 Å². The molecule has 0 unspecified atom stereocenters. The van der Waals surface area contributed by atoms with Gasteiger partial charge in [-0.15, -0.1) is 11.3 Å². The third-order valence-electron chi connectivity index (χ3n) is 3.16. The fourth-order valence-electron chi connectivity index (χ4n) is 2.18. The molecule has 3 heterocycles. The molecule has 0 aliphatic rings. The Labute approximate surface area is 123 Å². The van der Waals surface area contributed by atoms with E-state index < -0.39 is 0 Å². The van der Waals surface area contributed by atoms with Gasteiger partial charge in [-0.25, -0.2) is 15.0 Å². The van der Waals surface area contributed by atoms with Crippen molar-refractivity contribution in [2.45, 2.75) is 0 Å². The van der Waals surface area contributed by atoms with Crippen molar-refractivity contribution in [3.63, 3.8) is 0 Å². The number of anilines is 2. The molecule has 0 fully saturated rings. The van der Waals surface area contributed by atoms with Crippen LogP contribution in [-0.4, -0.2) is 20.1 Å². The highest BCUT2D eigenvalue weighted by molar-refractivity contribution is 7.25. The zero-order valence-corrected chi connectivity index (χ0v) is 11.6. The van der Waals surface area contributed by atoms with E-state index in [-0.39, 0.29) is 5.75 Å². The van der Waals surface area contributed by atoms with Crippen LogP contribution >= 0.6 is 11.3 Å². The van der Waals surface area contributed by atoms with Gasteiger partial charge in [0.25, 0.3) is 0 Å². The number of phenolic OH excluding ortho intramolecular Hbond substituents is 1. The summed E-state index contributed by atoms with van der Waals surface area (Å²) in [5, 5.41) is 13.6. The first kappa shape index (κ1) is 12.0. The largest absolute Gasteiger partial charge is 0.508 e. The quantitative estimate of drug-likeness (QED) is 0.552. The molecule has 0 saturated carbocycles. The number of nitrogens with one attached hydrogen (secondary N) is 1. The summed E-state index contributed by atoms with van der Waals surface area (Å²) in [5.41, 5.74) is 1.76. The summed E-state index contributed by atoms with van der Waals surface area (Å²) in [6.07, 6.45) is 3.32. The zero-order chi connectivity index (χ0) is 14.2. The summed E-state index contributed by atoms with van der Waals surface area (Å²) >= 11 is 1.56. The van der Waals surface area contributed by atoms with Crippen LogP contribution in [0.1, 0.15) is 0 Å². The van der Waals surface area contributed by atoms with Crippen LogP contribution in [0.15, 0.2) is 48.9 Å². The molecule has 21 heavy (non-hydrogen) atoms. The Hall–Kier alpha value is -2.73. The van der Waals surface area contributed by atoms with E-state index in [1.165, 1.54) is 0 Å². The molecule has 1 aromatic carbocycles. The molecule has 0 spiro atoms. The predicted octanol–water partition coefficient (Wildman–Crippen LogP) is 3.69. The molecule has 0 saturated heterocycles. The van der Waals surface area contributed by atoms with Crippen molar-refractivity contribution in [1.29, 1.82) is 0 Å². The molecule has 5 nitrogen and oxygen atoms in total. The third-order valence-corrected chi connectivity index (χ3v) is 4.27. The Morgan fingerprint density at radius 1 is 1.00 bits per heavy atom. The summed E-state index contributed by atoms with van der Waals surface area (Å²) < 4.78 is 0.972. The number of benzene rings is 1. The van der Waals surface area contributed by atoms with Gasteiger partial charge in [-0.05, 0) is 36.4 Å². The lowest BCUT2D eigenvalue weighted by molar-refractivity contribution is 0.475. The smallest absolute Gasteiger partial charge is 0.151 e. The van der Waals surface area contributed by atoms with Gasteiger partial charge in [0, 0.05) is 17.3 Å². The maximum Gasteiger partial charge on any atom is 0.151 e. The number of hydrogen-bond acceptors (Lipinski definition) is 6. The fraction of sp³-hybridized carbons (Fsp3) is 0. The Morgan fingerprint density at radius 2 is 1.86 bits per heavy atom. The van der Waals surface area contributed by atoms with Crippen LogP contribution < -0.4 is 5.32 Å². The van der Waals surface area contributed by atoms with E-state index in [1.54, 1.807) is 48.1 Å². The molecule has 2 N–H and O–H groups in total. The van der Waals surface area contributed by atoms with E-state index >= 15 is 0 Å². The highest BCUT2D eigenvalue weighted by Gasteiger charge is 2.11. The number of pyridine rings is 1. The van der Waals surface area contributed by atoms with Crippen molar-refractivity contribution in [1.82, 2.24) is 15.0 Å². The first-order valence-electron chi connectivity index (χ1n) is 6.35. The van der Waals surface area contributed by atoms with Gasteiger partial charge in [0.05, 0.1) is 10.2 Å². The average Bonchev–Trinajstić information content (AvgIpc) is 2.89. The molecule has 102 valence electrons. The van der Waals surface area contributed by atoms with Crippen LogP contribution in [0.25, 0.3) is 20.4 Å². The van der Waals surface area contributed by atoms with Crippen LogP contribution in [0.4, 0.5) is 11.5 Å². The lowest BCUT2D eigenvalue weighted by Gasteiger charge is -2.05. The van der Waals surface area contributed by atoms with Crippen molar-refractivity contribution in [2.75, 3.05) is 5.32 Å². The van der Waals surface area contributed by atoms with Crippen LogP contribution in [-0.2, 0) is 0 Å². The SMILES string of the molecule is Oc1ccc(Nc2ncnc3c2sc2ncccc23)cc1. The first-order chi connectivity index (χ1) is 10.3. The van der Waals surface area contributed by atoms with Crippen molar-refractivity contribution in [3.05, 3.63) is 48.9 Å². The van der Waals surface area contributed by atoms with Crippen LogP contribution in [0.3, 0.4) is 0 Å². The maximum atomic E-state index is 9.33. The van der Waals surface area contributed by atoms with Gasteiger partial charge in [-0.3, -0.25) is 0 Å². The van der Waals surface area contributed by atoms with Gasteiger partial charge >= 0.3 is 0 Å². The normalized spacial score (nSPS) is 11.0. The molecular formula is C15H10N4OS. The number of fused-ring (bicyclic) bond motifs is 3. The molecule has 0 atom stereocenters.